The number of hydrogen-bond acceptors (Lipinski definition) is 21. The molecule has 1 rings (SSSR count). The number of aliphatic carboxylic acids is 1. The number of amides is 14. The van der Waals surface area contributed by atoms with Crippen LogP contribution in [0.4, 0.5) is 0 Å². The molecule has 42 heteroatoms. The van der Waals surface area contributed by atoms with Crippen molar-refractivity contribution in [3.8, 4) is 0 Å². The van der Waals surface area contributed by atoms with Gasteiger partial charge >= 0.3 is 5.97 Å². The zero-order valence-electron chi connectivity index (χ0n) is 62.9. The predicted molar refractivity (Wildman–Crippen MR) is 401 cm³/mol. The van der Waals surface area contributed by atoms with E-state index in [0.29, 0.717) is 24.8 Å². The van der Waals surface area contributed by atoms with Gasteiger partial charge in [0.15, 0.2) is 17.9 Å². The van der Waals surface area contributed by atoms with Crippen LogP contribution in [0.3, 0.4) is 0 Å². The van der Waals surface area contributed by atoms with E-state index in [4.69, 9.17) is 62.1 Å². The average Bonchev–Trinajstić information content (AvgIpc) is 0.856. The third-order valence-corrected chi connectivity index (χ3v) is 16.5. The summed E-state index contributed by atoms with van der Waals surface area (Å²) in [5.41, 5.74) is 45.4. The molecule has 14 amide bonds. The Hall–Kier alpha value is -11.0. The Kier molecular flexibility index (Phi) is 45.8. The van der Waals surface area contributed by atoms with E-state index in [9.17, 15) is 77.0 Å². The fourth-order valence-corrected chi connectivity index (χ4v) is 10.6. The summed E-state index contributed by atoms with van der Waals surface area (Å²) in [4.78, 5) is 203. The number of hydrogen-bond donors (Lipinski definition) is 27. The topological polar surface area (TPSA) is 736 Å². The van der Waals surface area contributed by atoms with Crippen LogP contribution < -0.4 is 126 Å². The molecule has 0 spiro atoms. The highest BCUT2D eigenvalue weighted by atomic mass is 16.4. The first kappa shape index (κ1) is 96.0. The molecule has 0 saturated carbocycles. The van der Waals surface area contributed by atoms with E-state index in [1.165, 1.54) is 27.7 Å². The molecule has 109 heavy (non-hydrogen) atoms. The van der Waals surface area contributed by atoms with Crippen molar-refractivity contribution in [3.63, 3.8) is 0 Å². The molecule has 612 valence electrons. The Morgan fingerprint density at radius 2 is 0.771 bits per heavy atom. The lowest BCUT2D eigenvalue weighted by Gasteiger charge is -2.28. The minimum Gasteiger partial charge on any atom is -0.480 e. The van der Waals surface area contributed by atoms with Crippen molar-refractivity contribution in [1.29, 1.82) is 16.2 Å². The van der Waals surface area contributed by atoms with Crippen LogP contribution in [0, 0.1) is 28.1 Å². The normalized spacial score (nSPS) is 14.3. The molecule has 0 aliphatic carbocycles. The van der Waals surface area contributed by atoms with Gasteiger partial charge in [0, 0.05) is 32.5 Å². The van der Waals surface area contributed by atoms with Crippen molar-refractivity contribution in [2.24, 2.45) is 57.7 Å². The summed E-state index contributed by atoms with van der Waals surface area (Å²) < 4.78 is 0. The van der Waals surface area contributed by atoms with Crippen LogP contribution in [0.15, 0.2) is 30.3 Å². The van der Waals surface area contributed by atoms with Gasteiger partial charge in [-0.2, -0.15) is 0 Å². The molecule has 12 atom stereocenters. The minimum atomic E-state index is -1.72. The quantitative estimate of drug-likeness (QED) is 0.0164. The van der Waals surface area contributed by atoms with E-state index in [1.54, 1.807) is 44.2 Å². The summed E-state index contributed by atoms with van der Waals surface area (Å²) in [5.74, 6) is -16.4. The van der Waals surface area contributed by atoms with Gasteiger partial charge in [0.25, 0.3) is 0 Å². The molecule has 35 N–H and O–H groups in total. The predicted octanol–water partition coefficient (Wildman–Crippen LogP) is -7.98. The van der Waals surface area contributed by atoms with Crippen molar-refractivity contribution < 1.29 is 77.0 Å². The molecule has 0 aliphatic heterocycles. The molecule has 1 aromatic rings. The second-order valence-electron chi connectivity index (χ2n) is 26.9. The van der Waals surface area contributed by atoms with Crippen LogP contribution in [0.2, 0.25) is 0 Å². The third-order valence-electron chi connectivity index (χ3n) is 16.5. The van der Waals surface area contributed by atoms with E-state index in [0.717, 1.165) is 0 Å². The molecule has 0 aliphatic rings. The standard InChI is InChI=1S/C67H118N26O16/c1-35(2)31-46(62(106)88-44(23-16-30-81-67(77)78)58(102)89-45(24-25-49(71)94)60(104)87-42(21-11-13-27-69)59(103)92-48(33-50(72)95)63(107)93-52(36(3)4)64(108)109)90-53(97)37(5)83-51(96)34-82-56(100)41(20-10-12-26-68)86-57(101)43(22-15-29-80-66(75)76)85-54(98)38(6)84-61(105)47(32-39-17-8-7-9-18-39)91-55(99)40(70)19-14-28-79-65(73)74/h7-9,17-18,35-38,40-48,52H,10-16,19-34,68-70H2,1-6H3,(H2,71,94)(H2,72,95)(H,82,100)(H,83,96)(H,84,105)(H,85,98)(H,86,101)(H,87,104)(H,88,106)(H,89,102)(H,90,97)(H,91,99)(H,92,103)(H,93,107)(H,108,109)(H4,73,74,79)(H4,75,76,80)(H4,77,78,81)/t37-,38-,40-,41-,42-,43-,44-,45-,46-,47-,48-,52-/m0/s1. The van der Waals surface area contributed by atoms with Crippen LogP contribution in [0.1, 0.15) is 150 Å². The smallest absolute Gasteiger partial charge is 0.326 e. The number of nitrogens with two attached hydrogens (primary N) is 8. The number of rotatable bonds is 55. The van der Waals surface area contributed by atoms with Gasteiger partial charge in [0.1, 0.15) is 66.5 Å². The number of benzene rings is 1. The molecular formula is C67H118N26O16. The van der Waals surface area contributed by atoms with E-state index in [1.807, 2.05) is 0 Å². The van der Waals surface area contributed by atoms with Crippen molar-refractivity contribution in [2.45, 2.75) is 223 Å². The first-order valence-electron chi connectivity index (χ1n) is 36.1. The van der Waals surface area contributed by atoms with Crippen molar-refractivity contribution in [1.82, 2.24) is 79.8 Å². The number of carboxylic acids is 1. The Labute approximate surface area is 633 Å². The van der Waals surface area contributed by atoms with Crippen molar-refractivity contribution >= 4 is 107 Å². The maximum Gasteiger partial charge on any atom is 0.326 e. The van der Waals surface area contributed by atoms with Gasteiger partial charge in [0.05, 0.1) is 19.0 Å². The zero-order chi connectivity index (χ0) is 82.5. The molecule has 0 fully saturated rings. The molecule has 0 aromatic heterocycles. The number of carbonyl (C=O) groups excluding carboxylic acids is 14. The first-order chi connectivity index (χ1) is 51.3. The largest absolute Gasteiger partial charge is 0.480 e. The summed E-state index contributed by atoms with van der Waals surface area (Å²) >= 11 is 0. The van der Waals surface area contributed by atoms with E-state index < -0.39 is 199 Å². The van der Waals surface area contributed by atoms with Gasteiger partial charge in [-0.1, -0.05) is 58.0 Å². The fourth-order valence-electron chi connectivity index (χ4n) is 10.6. The first-order valence-corrected chi connectivity index (χ1v) is 36.1. The lowest BCUT2D eigenvalue weighted by atomic mass is 10.0. The molecule has 0 saturated heterocycles. The highest BCUT2D eigenvalue weighted by Crippen LogP contribution is 2.13. The maximum absolute atomic E-state index is 14.4. The lowest BCUT2D eigenvalue weighted by Crippen LogP contribution is -2.60. The monoisotopic (exact) mass is 1540 g/mol. The minimum absolute atomic E-state index is 0.00557. The number of carbonyl (C=O) groups is 15. The molecule has 0 unspecified atom stereocenters. The summed E-state index contributed by atoms with van der Waals surface area (Å²) in [5, 5.41) is 70.0. The Morgan fingerprint density at radius 1 is 0.394 bits per heavy atom. The summed E-state index contributed by atoms with van der Waals surface area (Å²) in [7, 11) is 0. The average molecular weight is 1540 g/mol. The number of primary amides is 2. The van der Waals surface area contributed by atoms with Gasteiger partial charge in [-0.05, 0) is 134 Å². The molecule has 0 heterocycles. The van der Waals surface area contributed by atoms with Gasteiger partial charge < -0.3 is 131 Å². The second-order valence-corrected chi connectivity index (χ2v) is 26.9. The van der Waals surface area contributed by atoms with E-state index in [2.05, 4.69) is 79.8 Å². The molecule has 0 bridgehead atoms. The van der Waals surface area contributed by atoms with Gasteiger partial charge in [-0.15, -0.1) is 0 Å². The lowest BCUT2D eigenvalue weighted by molar-refractivity contribution is -0.143. The Bertz CT molecular complexity index is 3220. The summed E-state index contributed by atoms with van der Waals surface area (Å²) in [6, 6.07) is -8.40. The van der Waals surface area contributed by atoms with Crippen LogP contribution in [0.5, 0.6) is 0 Å². The van der Waals surface area contributed by atoms with E-state index in [-0.39, 0.29) is 121 Å². The van der Waals surface area contributed by atoms with Crippen LogP contribution in [0.25, 0.3) is 0 Å². The third kappa shape index (κ3) is 41.0. The number of carboxylic acid groups (broad SMARTS) is 1. The Balaban J connectivity index is 3.47. The number of nitrogens with one attached hydrogen (secondary N) is 18. The zero-order valence-corrected chi connectivity index (χ0v) is 62.9. The molecule has 0 radical (unpaired) electrons. The van der Waals surface area contributed by atoms with Crippen molar-refractivity contribution in [2.75, 3.05) is 39.3 Å². The van der Waals surface area contributed by atoms with Gasteiger partial charge in [0.2, 0.25) is 82.7 Å². The fraction of sp³-hybridized carbons (Fsp3) is 0.642. The van der Waals surface area contributed by atoms with Crippen molar-refractivity contribution in [3.05, 3.63) is 35.9 Å². The number of unbranched alkanes of at least 4 members (excludes halogenated alkanes) is 2. The van der Waals surface area contributed by atoms with Crippen LogP contribution in [-0.2, 0) is 78.3 Å². The SMILES string of the molecule is CC(C)C[C@H](NC(=O)[C@H](C)NC(=O)CNC(=O)[C@H](CCCCN)NC(=O)[C@H](CCCNC(=N)N)NC(=O)[C@H](C)NC(=O)[C@H](Cc1ccccc1)NC(=O)[C@@H](N)CCCNC(=N)N)C(=O)N[C@@H](CCCNC(=N)N)C(=O)N[C@@H](CCC(N)=O)C(=O)N[C@@H](CCCCN)C(=O)N[C@@H](CC(N)=O)C(=O)N[C@H](C(=O)O)C(C)C. The second kappa shape index (κ2) is 52.1. The number of guanidine groups is 3. The summed E-state index contributed by atoms with van der Waals surface area (Å²) in [6.07, 6.45) is -0.378. The Morgan fingerprint density at radius 3 is 1.19 bits per heavy atom. The van der Waals surface area contributed by atoms with Crippen LogP contribution in [-0.4, -0.2) is 223 Å². The molecule has 1 aromatic carbocycles. The van der Waals surface area contributed by atoms with Gasteiger partial charge in [-0.25, -0.2) is 4.79 Å². The molecular weight excluding hydrogens is 1420 g/mol. The summed E-state index contributed by atoms with van der Waals surface area (Å²) in [6.45, 7) is 8.97. The van der Waals surface area contributed by atoms with Crippen LogP contribution >= 0.6 is 0 Å². The maximum atomic E-state index is 14.4. The van der Waals surface area contributed by atoms with E-state index >= 15 is 0 Å². The van der Waals surface area contributed by atoms with Gasteiger partial charge in [-0.3, -0.25) is 83.4 Å². The highest BCUT2D eigenvalue weighted by molar-refractivity contribution is 6.00. The molecule has 42 nitrogen and oxygen atoms in total. The highest BCUT2D eigenvalue weighted by Gasteiger charge is 2.37.